The van der Waals surface area contributed by atoms with Gasteiger partial charge < -0.3 is 9.64 Å². The molecule has 0 aliphatic heterocycles. The van der Waals surface area contributed by atoms with E-state index in [4.69, 9.17) is 16.3 Å². The van der Waals surface area contributed by atoms with Gasteiger partial charge in [-0.25, -0.2) is 9.97 Å². The number of aromatic nitrogens is 2. The molecule has 1 aromatic carbocycles. The summed E-state index contributed by atoms with van der Waals surface area (Å²) in [4.78, 5) is 9.77. The first-order valence-corrected chi connectivity index (χ1v) is 5.46. The third-order valence-corrected chi connectivity index (χ3v) is 2.37. The van der Waals surface area contributed by atoms with Gasteiger partial charge in [-0.2, -0.15) is 0 Å². The predicted octanol–water partition coefficient (Wildman–Crippen LogP) is 2.99. The summed E-state index contributed by atoms with van der Waals surface area (Å²) < 4.78 is 5.59. The molecule has 0 amide bonds. The Morgan fingerprint density at radius 1 is 1.18 bits per heavy atom. The second kappa shape index (κ2) is 5.01. The summed E-state index contributed by atoms with van der Waals surface area (Å²) >= 11 is 5.75. The summed E-state index contributed by atoms with van der Waals surface area (Å²) in [6.07, 6.45) is 1.37. The highest BCUT2D eigenvalue weighted by Crippen LogP contribution is 2.24. The molecule has 0 bridgehead atoms. The monoisotopic (exact) mass is 249 g/mol. The molecule has 1 aromatic heterocycles. The van der Waals surface area contributed by atoms with Crippen LogP contribution < -0.4 is 9.64 Å². The Morgan fingerprint density at radius 3 is 2.71 bits per heavy atom. The van der Waals surface area contributed by atoms with Gasteiger partial charge in [0, 0.05) is 31.9 Å². The maximum atomic E-state index is 5.75. The molecule has 4 nitrogen and oxygen atoms in total. The van der Waals surface area contributed by atoms with Crippen LogP contribution in [0.4, 0.5) is 5.69 Å². The molecule has 0 atom stereocenters. The topological polar surface area (TPSA) is 38.2 Å². The number of ether oxygens (including phenoxy) is 1. The van der Waals surface area contributed by atoms with Gasteiger partial charge in [0.1, 0.15) is 17.2 Å². The zero-order valence-electron chi connectivity index (χ0n) is 9.59. The minimum Gasteiger partial charge on any atom is -0.439 e. The highest BCUT2D eigenvalue weighted by Gasteiger charge is 2.02. The van der Waals surface area contributed by atoms with E-state index in [1.54, 1.807) is 6.07 Å². The highest BCUT2D eigenvalue weighted by molar-refractivity contribution is 6.29. The Kier molecular flexibility index (Phi) is 3.44. The van der Waals surface area contributed by atoms with Crippen molar-refractivity contribution < 1.29 is 4.74 Å². The molecule has 17 heavy (non-hydrogen) atoms. The summed E-state index contributed by atoms with van der Waals surface area (Å²) in [5.41, 5.74) is 1.06. The zero-order chi connectivity index (χ0) is 12.3. The molecule has 0 fully saturated rings. The summed E-state index contributed by atoms with van der Waals surface area (Å²) in [5.74, 6) is 1.15. The maximum absolute atomic E-state index is 5.75. The number of benzene rings is 1. The smallest absolute Gasteiger partial charge is 0.223 e. The van der Waals surface area contributed by atoms with E-state index in [-0.39, 0.29) is 0 Å². The van der Waals surface area contributed by atoms with Gasteiger partial charge in [0.25, 0.3) is 0 Å². The highest BCUT2D eigenvalue weighted by atomic mass is 35.5. The number of anilines is 1. The van der Waals surface area contributed by atoms with Crippen molar-refractivity contribution in [1.29, 1.82) is 0 Å². The van der Waals surface area contributed by atoms with Crippen molar-refractivity contribution in [2.45, 2.75) is 0 Å². The van der Waals surface area contributed by atoms with Crippen molar-refractivity contribution in [3.8, 4) is 11.6 Å². The van der Waals surface area contributed by atoms with Crippen LogP contribution in [0.3, 0.4) is 0 Å². The third kappa shape index (κ3) is 3.07. The zero-order valence-corrected chi connectivity index (χ0v) is 10.3. The Morgan fingerprint density at radius 2 is 2.00 bits per heavy atom. The predicted molar refractivity (Wildman–Crippen MR) is 67.9 cm³/mol. The number of hydrogen-bond donors (Lipinski definition) is 0. The molecule has 0 saturated heterocycles. The summed E-state index contributed by atoms with van der Waals surface area (Å²) in [6, 6.07) is 9.29. The van der Waals surface area contributed by atoms with Gasteiger partial charge >= 0.3 is 0 Å². The van der Waals surface area contributed by atoms with E-state index < -0.39 is 0 Å². The quantitative estimate of drug-likeness (QED) is 0.784. The summed E-state index contributed by atoms with van der Waals surface area (Å²) in [5, 5.41) is 0.360. The number of halogens is 1. The standard InChI is InChI=1S/C12H12ClN3O/c1-16(2)9-4-3-5-10(6-9)17-12-7-11(13)14-8-15-12/h3-8H,1-2H3. The van der Waals surface area contributed by atoms with Gasteiger partial charge in [0.05, 0.1) is 0 Å². The molecule has 0 aliphatic carbocycles. The molecule has 2 rings (SSSR count). The molecular weight excluding hydrogens is 238 g/mol. The van der Waals surface area contributed by atoms with Gasteiger partial charge in [0.15, 0.2) is 0 Å². The summed E-state index contributed by atoms with van der Waals surface area (Å²) in [6.45, 7) is 0. The van der Waals surface area contributed by atoms with Crippen LogP contribution >= 0.6 is 11.6 Å². The van der Waals surface area contributed by atoms with Crippen molar-refractivity contribution >= 4 is 17.3 Å². The van der Waals surface area contributed by atoms with Crippen molar-refractivity contribution in [2.24, 2.45) is 0 Å². The minimum absolute atomic E-state index is 0.360. The molecule has 0 N–H and O–H groups in total. The van der Waals surface area contributed by atoms with E-state index in [1.807, 2.05) is 43.3 Å². The fourth-order valence-corrected chi connectivity index (χ4v) is 1.46. The number of hydrogen-bond acceptors (Lipinski definition) is 4. The Hall–Kier alpha value is -1.81. The van der Waals surface area contributed by atoms with Gasteiger partial charge in [0.2, 0.25) is 5.88 Å². The first-order chi connectivity index (χ1) is 8.15. The van der Waals surface area contributed by atoms with Gasteiger partial charge in [-0.1, -0.05) is 17.7 Å². The van der Waals surface area contributed by atoms with Crippen LogP contribution in [0.25, 0.3) is 0 Å². The lowest BCUT2D eigenvalue weighted by Crippen LogP contribution is -2.08. The van der Waals surface area contributed by atoms with Gasteiger partial charge in [-0.05, 0) is 12.1 Å². The van der Waals surface area contributed by atoms with Gasteiger partial charge in [-0.15, -0.1) is 0 Å². The average molecular weight is 250 g/mol. The Labute approximate surface area is 105 Å². The molecule has 0 saturated carbocycles. The summed E-state index contributed by atoms with van der Waals surface area (Å²) in [7, 11) is 3.95. The molecule has 88 valence electrons. The van der Waals surface area contributed by atoms with E-state index in [0.717, 1.165) is 5.69 Å². The van der Waals surface area contributed by atoms with Crippen molar-refractivity contribution in [3.63, 3.8) is 0 Å². The lowest BCUT2D eigenvalue weighted by atomic mass is 10.3. The second-order valence-electron chi connectivity index (χ2n) is 3.67. The third-order valence-electron chi connectivity index (χ3n) is 2.17. The molecule has 0 unspecified atom stereocenters. The van der Waals surface area contributed by atoms with Gasteiger partial charge in [-0.3, -0.25) is 0 Å². The molecule has 0 aliphatic rings. The molecule has 1 heterocycles. The van der Waals surface area contributed by atoms with Crippen LogP contribution in [0.15, 0.2) is 36.7 Å². The van der Waals surface area contributed by atoms with E-state index in [9.17, 15) is 0 Å². The Bertz CT molecular complexity index is 517. The van der Waals surface area contributed by atoms with E-state index >= 15 is 0 Å². The number of nitrogens with zero attached hydrogens (tertiary/aromatic N) is 3. The van der Waals surface area contributed by atoms with Crippen molar-refractivity contribution in [3.05, 3.63) is 41.8 Å². The number of rotatable bonds is 3. The van der Waals surface area contributed by atoms with E-state index in [0.29, 0.717) is 16.8 Å². The fourth-order valence-electron chi connectivity index (χ4n) is 1.32. The van der Waals surface area contributed by atoms with Crippen LogP contribution in [0.1, 0.15) is 0 Å². The van der Waals surface area contributed by atoms with Crippen LogP contribution in [-0.2, 0) is 0 Å². The van der Waals surface area contributed by atoms with Crippen LogP contribution in [0, 0.1) is 0 Å². The van der Waals surface area contributed by atoms with Crippen molar-refractivity contribution in [1.82, 2.24) is 9.97 Å². The van der Waals surface area contributed by atoms with Crippen LogP contribution in [0.2, 0.25) is 5.15 Å². The lowest BCUT2D eigenvalue weighted by molar-refractivity contribution is 0.461. The molecular formula is C12H12ClN3O. The first kappa shape index (κ1) is 11.7. The largest absolute Gasteiger partial charge is 0.439 e. The van der Waals surface area contributed by atoms with Crippen LogP contribution in [0.5, 0.6) is 11.6 Å². The van der Waals surface area contributed by atoms with E-state index in [2.05, 4.69) is 9.97 Å². The molecule has 0 radical (unpaired) electrons. The first-order valence-electron chi connectivity index (χ1n) is 5.08. The Balaban J connectivity index is 2.21. The van der Waals surface area contributed by atoms with E-state index in [1.165, 1.54) is 6.33 Å². The molecule has 5 heteroatoms. The van der Waals surface area contributed by atoms with Crippen molar-refractivity contribution in [2.75, 3.05) is 19.0 Å². The minimum atomic E-state index is 0.360. The fraction of sp³-hybridized carbons (Fsp3) is 0.167. The normalized spacial score (nSPS) is 10.1. The molecule has 0 spiro atoms. The van der Waals surface area contributed by atoms with Crippen LogP contribution in [-0.4, -0.2) is 24.1 Å². The average Bonchev–Trinajstić information content (AvgIpc) is 2.29. The molecule has 2 aromatic rings. The second-order valence-corrected chi connectivity index (χ2v) is 4.06. The lowest BCUT2D eigenvalue weighted by Gasteiger charge is -2.13. The SMILES string of the molecule is CN(C)c1cccc(Oc2cc(Cl)ncn2)c1. The maximum Gasteiger partial charge on any atom is 0.223 e.